The second-order valence-electron chi connectivity index (χ2n) is 5.01. The average molecular weight is 290 g/mol. The highest BCUT2D eigenvalue weighted by atomic mass is 35.5. The van der Waals surface area contributed by atoms with Gasteiger partial charge in [0.25, 0.3) is 0 Å². The normalized spacial score (nSPS) is 12.2. The van der Waals surface area contributed by atoms with Gasteiger partial charge in [0.2, 0.25) is 0 Å². The fraction of sp³-hybridized carbons (Fsp3) is 0.294. The molecule has 0 aromatic heterocycles. The minimum absolute atomic E-state index is 0.266. The van der Waals surface area contributed by atoms with Crippen LogP contribution in [0.1, 0.15) is 22.6 Å². The van der Waals surface area contributed by atoms with Crippen LogP contribution in [0, 0.1) is 6.92 Å². The minimum atomic E-state index is 0.266. The molecule has 2 nitrogen and oxygen atoms in total. The predicted octanol–water partition coefficient (Wildman–Crippen LogP) is 3.94. The Morgan fingerprint density at radius 1 is 1.20 bits per heavy atom. The molecule has 2 aromatic carbocycles. The number of hydrogen-bond donors (Lipinski definition) is 1. The largest absolute Gasteiger partial charge is 0.496 e. The second kappa shape index (κ2) is 6.78. The van der Waals surface area contributed by atoms with Crippen molar-refractivity contribution in [1.82, 2.24) is 0 Å². The summed E-state index contributed by atoms with van der Waals surface area (Å²) in [7, 11) is 1.68. The number of ether oxygens (including phenoxy) is 1. The van der Waals surface area contributed by atoms with Gasteiger partial charge in [0.15, 0.2) is 0 Å². The van der Waals surface area contributed by atoms with E-state index in [1.165, 1.54) is 11.1 Å². The van der Waals surface area contributed by atoms with Crippen molar-refractivity contribution in [1.29, 1.82) is 0 Å². The summed E-state index contributed by atoms with van der Waals surface area (Å²) in [4.78, 5) is 0. The topological polar surface area (TPSA) is 35.2 Å². The third kappa shape index (κ3) is 3.53. The first-order valence-corrected chi connectivity index (χ1v) is 7.11. The molecule has 0 bridgehead atoms. The average Bonchev–Trinajstić information content (AvgIpc) is 2.45. The smallest absolute Gasteiger partial charge is 0.122 e. The van der Waals surface area contributed by atoms with Crippen molar-refractivity contribution in [2.75, 3.05) is 13.7 Å². The van der Waals surface area contributed by atoms with Crippen LogP contribution < -0.4 is 10.5 Å². The summed E-state index contributed by atoms with van der Waals surface area (Å²) in [6.07, 6.45) is 0.823. The van der Waals surface area contributed by atoms with E-state index in [2.05, 4.69) is 31.2 Å². The quantitative estimate of drug-likeness (QED) is 0.905. The lowest BCUT2D eigenvalue weighted by Gasteiger charge is -2.18. The highest BCUT2D eigenvalue weighted by molar-refractivity contribution is 6.30. The Morgan fingerprint density at radius 3 is 2.65 bits per heavy atom. The Kier molecular flexibility index (Phi) is 5.05. The lowest BCUT2D eigenvalue weighted by atomic mass is 9.91. The summed E-state index contributed by atoms with van der Waals surface area (Å²) >= 11 is 6.08. The van der Waals surface area contributed by atoms with E-state index < -0.39 is 0 Å². The molecule has 2 rings (SSSR count). The summed E-state index contributed by atoms with van der Waals surface area (Å²) in [6, 6.07) is 14.2. The SMILES string of the molecule is COc1ccc(Cl)cc1CC(CN)c1cccc(C)c1. The standard InChI is InChI=1S/C17H20ClNO/c1-12-4-3-5-13(8-12)15(11-19)9-14-10-16(18)6-7-17(14)20-2/h3-8,10,15H,9,11,19H2,1-2H3. The molecule has 0 aliphatic heterocycles. The molecule has 0 radical (unpaired) electrons. The molecule has 2 N–H and O–H groups in total. The number of aryl methyl sites for hydroxylation is 1. The molecule has 0 aliphatic carbocycles. The van der Waals surface area contributed by atoms with Gasteiger partial charge in [-0.15, -0.1) is 0 Å². The van der Waals surface area contributed by atoms with E-state index in [0.29, 0.717) is 6.54 Å². The maximum Gasteiger partial charge on any atom is 0.122 e. The van der Waals surface area contributed by atoms with E-state index in [1.54, 1.807) is 7.11 Å². The Bertz CT molecular complexity index is 583. The van der Waals surface area contributed by atoms with Crippen molar-refractivity contribution in [2.24, 2.45) is 5.73 Å². The molecule has 0 heterocycles. The van der Waals surface area contributed by atoms with Gasteiger partial charge < -0.3 is 10.5 Å². The fourth-order valence-corrected chi connectivity index (χ4v) is 2.63. The number of nitrogens with two attached hydrogens (primary N) is 1. The number of methoxy groups -OCH3 is 1. The van der Waals surface area contributed by atoms with Gasteiger partial charge in [-0.25, -0.2) is 0 Å². The van der Waals surface area contributed by atoms with Gasteiger partial charge in [-0.3, -0.25) is 0 Å². The second-order valence-corrected chi connectivity index (χ2v) is 5.44. The van der Waals surface area contributed by atoms with E-state index in [-0.39, 0.29) is 5.92 Å². The zero-order chi connectivity index (χ0) is 14.5. The molecule has 0 saturated carbocycles. The Balaban J connectivity index is 2.28. The maximum absolute atomic E-state index is 6.08. The molecule has 0 fully saturated rings. The third-order valence-electron chi connectivity index (χ3n) is 3.51. The summed E-state index contributed by atoms with van der Waals surface area (Å²) in [5, 5.41) is 0.723. The predicted molar refractivity (Wildman–Crippen MR) is 84.7 cm³/mol. The number of benzene rings is 2. The molecule has 106 valence electrons. The van der Waals surface area contributed by atoms with E-state index in [9.17, 15) is 0 Å². The van der Waals surface area contributed by atoms with Gasteiger partial charge in [0, 0.05) is 10.9 Å². The molecule has 0 amide bonds. The molecule has 0 aliphatic rings. The summed E-state index contributed by atoms with van der Waals surface area (Å²) in [6.45, 7) is 2.69. The van der Waals surface area contributed by atoms with Crippen LogP contribution in [0.15, 0.2) is 42.5 Å². The van der Waals surface area contributed by atoms with Gasteiger partial charge >= 0.3 is 0 Å². The molecule has 1 atom stereocenters. The molecule has 2 aromatic rings. The van der Waals surface area contributed by atoms with Gasteiger partial charge in [0.05, 0.1) is 7.11 Å². The Morgan fingerprint density at radius 2 is 2.00 bits per heavy atom. The first-order chi connectivity index (χ1) is 9.63. The van der Waals surface area contributed by atoms with E-state index in [0.717, 1.165) is 22.8 Å². The number of halogens is 1. The van der Waals surface area contributed by atoms with Crippen molar-refractivity contribution in [3.63, 3.8) is 0 Å². The molecule has 20 heavy (non-hydrogen) atoms. The van der Waals surface area contributed by atoms with Crippen molar-refractivity contribution >= 4 is 11.6 Å². The van der Waals surface area contributed by atoms with Crippen molar-refractivity contribution in [2.45, 2.75) is 19.3 Å². The molecule has 0 saturated heterocycles. The van der Waals surface area contributed by atoms with Crippen LogP contribution in [-0.2, 0) is 6.42 Å². The van der Waals surface area contributed by atoms with Gasteiger partial charge in [0.1, 0.15) is 5.75 Å². The lowest BCUT2D eigenvalue weighted by Crippen LogP contribution is -2.15. The summed E-state index contributed by atoms with van der Waals surface area (Å²) in [5.41, 5.74) is 9.56. The lowest BCUT2D eigenvalue weighted by molar-refractivity contribution is 0.408. The Labute approximate surface area is 125 Å². The Hall–Kier alpha value is -1.51. The summed E-state index contributed by atoms with van der Waals surface area (Å²) in [5.74, 6) is 1.13. The molecular formula is C17H20ClNO. The molecule has 0 spiro atoms. The molecule has 3 heteroatoms. The van der Waals surface area contributed by atoms with E-state index in [4.69, 9.17) is 22.1 Å². The maximum atomic E-state index is 6.08. The highest BCUT2D eigenvalue weighted by Crippen LogP contribution is 2.28. The summed E-state index contributed by atoms with van der Waals surface area (Å²) < 4.78 is 5.41. The fourth-order valence-electron chi connectivity index (χ4n) is 2.43. The minimum Gasteiger partial charge on any atom is -0.496 e. The van der Waals surface area contributed by atoms with Crippen LogP contribution in [-0.4, -0.2) is 13.7 Å². The van der Waals surface area contributed by atoms with Crippen LogP contribution in [0.4, 0.5) is 0 Å². The van der Waals surface area contributed by atoms with Crippen molar-refractivity contribution in [3.8, 4) is 5.75 Å². The van der Waals surface area contributed by atoms with Crippen LogP contribution in [0.2, 0.25) is 5.02 Å². The van der Waals surface area contributed by atoms with Crippen LogP contribution in [0.5, 0.6) is 5.75 Å². The zero-order valence-corrected chi connectivity index (χ0v) is 12.7. The molecular weight excluding hydrogens is 270 g/mol. The van der Waals surface area contributed by atoms with Gasteiger partial charge in [-0.05, 0) is 49.2 Å². The first-order valence-electron chi connectivity index (χ1n) is 6.73. The van der Waals surface area contributed by atoms with Crippen LogP contribution in [0.25, 0.3) is 0 Å². The van der Waals surface area contributed by atoms with E-state index >= 15 is 0 Å². The highest BCUT2D eigenvalue weighted by Gasteiger charge is 2.14. The van der Waals surface area contributed by atoms with Gasteiger partial charge in [-0.2, -0.15) is 0 Å². The van der Waals surface area contributed by atoms with Gasteiger partial charge in [-0.1, -0.05) is 41.4 Å². The van der Waals surface area contributed by atoms with Crippen molar-refractivity contribution < 1.29 is 4.74 Å². The number of rotatable bonds is 5. The third-order valence-corrected chi connectivity index (χ3v) is 3.74. The monoisotopic (exact) mass is 289 g/mol. The first kappa shape index (κ1) is 14.9. The van der Waals surface area contributed by atoms with E-state index in [1.807, 2.05) is 18.2 Å². The van der Waals surface area contributed by atoms with Crippen LogP contribution in [0.3, 0.4) is 0 Å². The number of hydrogen-bond acceptors (Lipinski definition) is 2. The zero-order valence-electron chi connectivity index (χ0n) is 11.9. The molecule has 1 unspecified atom stereocenters. The van der Waals surface area contributed by atoms with Crippen molar-refractivity contribution in [3.05, 3.63) is 64.2 Å². The van der Waals surface area contributed by atoms with Crippen LogP contribution >= 0.6 is 11.6 Å².